The number of anilines is 1. The minimum Gasteiger partial charge on any atom is -0.378 e. The molecule has 2 rings (SSSR count). The molecule has 0 fully saturated rings. The predicted molar refractivity (Wildman–Crippen MR) is 66.2 cm³/mol. The molecule has 2 N–H and O–H groups in total. The van der Waals surface area contributed by atoms with Gasteiger partial charge in [-0.15, -0.1) is 0 Å². The largest absolute Gasteiger partial charge is 0.378 e. The molecule has 0 aliphatic rings. The average Bonchev–Trinajstić information content (AvgIpc) is 2.28. The molecule has 86 valence electrons. The van der Waals surface area contributed by atoms with Gasteiger partial charge in [0, 0.05) is 10.0 Å². The third kappa shape index (κ3) is 2.09. The number of rotatable bonds is 2. The van der Waals surface area contributed by atoms with Crippen LogP contribution in [-0.2, 0) is 0 Å². The number of hydrogen-bond acceptors (Lipinski definition) is 5. The van der Waals surface area contributed by atoms with Crippen molar-refractivity contribution in [3.63, 3.8) is 0 Å². The van der Waals surface area contributed by atoms with Crippen LogP contribution in [0.25, 0.3) is 11.3 Å². The lowest BCUT2D eigenvalue weighted by Gasteiger charge is -2.05. The first-order valence-electron chi connectivity index (χ1n) is 4.61. The van der Waals surface area contributed by atoms with Crippen LogP contribution in [0, 0.1) is 10.1 Å². The van der Waals surface area contributed by atoms with Crippen LogP contribution < -0.4 is 5.73 Å². The van der Waals surface area contributed by atoms with E-state index >= 15 is 0 Å². The van der Waals surface area contributed by atoms with Crippen molar-refractivity contribution in [1.82, 2.24) is 9.97 Å². The highest BCUT2D eigenvalue weighted by molar-refractivity contribution is 9.10. The van der Waals surface area contributed by atoms with Gasteiger partial charge >= 0.3 is 5.69 Å². The molecule has 2 aromatic rings. The summed E-state index contributed by atoms with van der Waals surface area (Å²) >= 11 is 3.32. The van der Waals surface area contributed by atoms with E-state index in [0.717, 1.165) is 0 Å². The standard InChI is InChI=1S/C10H7BrN4O2/c11-7-4-2-1-3-6(7)8-9(15(16)17)10(12)14-5-13-8/h1-5H,(H2,12,13,14). The van der Waals surface area contributed by atoms with Gasteiger partial charge < -0.3 is 5.73 Å². The molecule has 1 heterocycles. The molecule has 0 saturated carbocycles. The van der Waals surface area contributed by atoms with E-state index in [4.69, 9.17) is 5.73 Å². The minimum atomic E-state index is -0.579. The molecule has 0 spiro atoms. The lowest BCUT2D eigenvalue weighted by molar-refractivity contribution is -0.383. The topological polar surface area (TPSA) is 94.9 Å². The van der Waals surface area contributed by atoms with Crippen molar-refractivity contribution in [3.8, 4) is 11.3 Å². The first-order chi connectivity index (χ1) is 8.11. The Hall–Kier alpha value is -2.02. The summed E-state index contributed by atoms with van der Waals surface area (Å²) in [4.78, 5) is 17.9. The smallest absolute Gasteiger partial charge is 0.337 e. The molecule has 0 radical (unpaired) electrons. The second kappa shape index (κ2) is 4.46. The van der Waals surface area contributed by atoms with Gasteiger partial charge in [-0.05, 0) is 6.07 Å². The molecule has 17 heavy (non-hydrogen) atoms. The number of benzene rings is 1. The molecular formula is C10H7BrN4O2. The van der Waals surface area contributed by atoms with Gasteiger partial charge in [0.05, 0.1) is 4.92 Å². The molecule has 0 aliphatic heterocycles. The zero-order valence-electron chi connectivity index (χ0n) is 8.50. The number of halogens is 1. The number of aromatic nitrogens is 2. The maximum absolute atomic E-state index is 11.0. The van der Waals surface area contributed by atoms with E-state index in [1.165, 1.54) is 6.33 Å². The molecule has 0 aliphatic carbocycles. The van der Waals surface area contributed by atoms with Crippen LogP contribution in [0.3, 0.4) is 0 Å². The van der Waals surface area contributed by atoms with Crippen molar-refractivity contribution >= 4 is 27.4 Å². The first kappa shape index (κ1) is 11.5. The van der Waals surface area contributed by atoms with Crippen LogP contribution in [0.2, 0.25) is 0 Å². The van der Waals surface area contributed by atoms with Gasteiger partial charge in [-0.1, -0.05) is 34.1 Å². The molecule has 1 aromatic carbocycles. The molecule has 0 saturated heterocycles. The van der Waals surface area contributed by atoms with Crippen LogP contribution in [0.15, 0.2) is 35.1 Å². The van der Waals surface area contributed by atoms with E-state index in [9.17, 15) is 10.1 Å². The summed E-state index contributed by atoms with van der Waals surface area (Å²) < 4.78 is 0.709. The van der Waals surface area contributed by atoms with Gasteiger partial charge in [0.25, 0.3) is 0 Å². The van der Waals surface area contributed by atoms with Crippen molar-refractivity contribution in [1.29, 1.82) is 0 Å². The lowest BCUT2D eigenvalue weighted by Crippen LogP contribution is -2.02. The van der Waals surface area contributed by atoms with Gasteiger partial charge in [0.2, 0.25) is 5.82 Å². The van der Waals surface area contributed by atoms with Gasteiger partial charge in [-0.3, -0.25) is 10.1 Å². The maximum atomic E-state index is 11.0. The van der Waals surface area contributed by atoms with E-state index < -0.39 is 4.92 Å². The number of nitrogens with two attached hydrogens (primary N) is 1. The Kier molecular flexibility index (Phi) is 3.01. The highest BCUT2D eigenvalue weighted by atomic mass is 79.9. The second-order valence-electron chi connectivity index (χ2n) is 3.19. The fraction of sp³-hybridized carbons (Fsp3) is 0. The number of hydrogen-bond donors (Lipinski definition) is 1. The van der Waals surface area contributed by atoms with Gasteiger partial charge in [0.15, 0.2) is 5.69 Å². The van der Waals surface area contributed by atoms with Crippen LogP contribution >= 0.6 is 15.9 Å². The third-order valence-corrected chi connectivity index (χ3v) is 2.85. The molecule has 0 unspecified atom stereocenters. The van der Waals surface area contributed by atoms with Crippen molar-refractivity contribution in [2.45, 2.75) is 0 Å². The number of nitro groups is 1. The summed E-state index contributed by atoms with van der Waals surface area (Å²) in [5.41, 5.74) is 6.03. The Bertz CT molecular complexity index is 588. The van der Waals surface area contributed by atoms with E-state index in [1.54, 1.807) is 18.2 Å². The first-order valence-corrected chi connectivity index (χ1v) is 5.40. The van der Waals surface area contributed by atoms with Crippen LogP contribution in [0.5, 0.6) is 0 Å². The van der Waals surface area contributed by atoms with Gasteiger partial charge in [0.1, 0.15) is 6.33 Å². The fourth-order valence-electron chi connectivity index (χ4n) is 1.42. The second-order valence-corrected chi connectivity index (χ2v) is 4.05. The van der Waals surface area contributed by atoms with Crippen molar-refractivity contribution in [2.75, 3.05) is 5.73 Å². The Morgan fingerprint density at radius 3 is 2.65 bits per heavy atom. The summed E-state index contributed by atoms with van der Waals surface area (Å²) in [6, 6.07) is 7.07. The maximum Gasteiger partial charge on any atom is 0.337 e. The molecule has 1 aromatic heterocycles. The van der Waals surface area contributed by atoms with Gasteiger partial charge in [-0.2, -0.15) is 0 Å². The number of nitrogen functional groups attached to an aromatic ring is 1. The quantitative estimate of drug-likeness (QED) is 0.678. The minimum absolute atomic E-state index is 0.143. The molecular weight excluding hydrogens is 288 g/mol. The van der Waals surface area contributed by atoms with Crippen molar-refractivity contribution < 1.29 is 4.92 Å². The summed E-state index contributed by atoms with van der Waals surface area (Å²) in [5, 5.41) is 11.0. The van der Waals surface area contributed by atoms with Crippen LogP contribution in [-0.4, -0.2) is 14.9 Å². The molecule has 0 bridgehead atoms. The summed E-state index contributed by atoms with van der Waals surface area (Å²) in [6.07, 6.45) is 1.21. The number of nitrogens with zero attached hydrogens (tertiary/aromatic N) is 3. The van der Waals surface area contributed by atoms with E-state index in [-0.39, 0.29) is 17.2 Å². The zero-order valence-corrected chi connectivity index (χ0v) is 10.1. The zero-order chi connectivity index (χ0) is 12.4. The SMILES string of the molecule is Nc1ncnc(-c2ccccc2Br)c1[N+](=O)[O-]. The molecule has 0 amide bonds. The lowest BCUT2D eigenvalue weighted by atomic mass is 10.1. The van der Waals surface area contributed by atoms with Crippen molar-refractivity contribution in [2.24, 2.45) is 0 Å². The monoisotopic (exact) mass is 294 g/mol. The molecule has 0 atom stereocenters. The summed E-state index contributed by atoms with van der Waals surface area (Å²) in [6.45, 7) is 0. The van der Waals surface area contributed by atoms with Crippen LogP contribution in [0.4, 0.5) is 11.5 Å². The Morgan fingerprint density at radius 2 is 2.00 bits per heavy atom. The van der Waals surface area contributed by atoms with E-state index in [0.29, 0.717) is 10.0 Å². The van der Waals surface area contributed by atoms with Crippen molar-refractivity contribution in [3.05, 3.63) is 45.2 Å². The average molecular weight is 295 g/mol. The predicted octanol–water partition coefficient (Wildman–Crippen LogP) is 2.40. The highest BCUT2D eigenvalue weighted by Crippen LogP contribution is 2.34. The van der Waals surface area contributed by atoms with Gasteiger partial charge in [-0.25, -0.2) is 9.97 Å². The molecule has 6 nitrogen and oxygen atoms in total. The highest BCUT2D eigenvalue weighted by Gasteiger charge is 2.23. The fourth-order valence-corrected chi connectivity index (χ4v) is 1.90. The third-order valence-electron chi connectivity index (χ3n) is 2.16. The van der Waals surface area contributed by atoms with E-state index in [1.807, 2.05) is 6.07 Å². The Balaban J connectivity index is 2.72. The Labute approximate surface area is 105 Å². The summed E-state index contributed by atoms with van der Waals surface area (Å²) in [7, 11) is 0. The summed E-state index contributed by atoms with van der Waals surface area (Å²) in [5.74, 6) is -0.143. The Morgan fingerprint density at radius 1 is 1.29 bits per heavy atom. The van der Waals surface area contributed by atoms with Crippen LogP contribution in [0.1, 0.15) is 0 Å². The molecule has 7 heteroatoms. The normalized spacial score (nSPS) is 10.2. The van der Waals surface area contributed by atoms with E-state index in [2.05, 4.69) is 25.9 Å².